The molecule has 0 radical (unpaired) electrons. The Morgan fingerprint density at radius 2 is 1.78 bits per heavy atom. The third-order valence-electron chi connectivity index (χ3n) is 3.57. The number of benzene rings is 1. The van der Waals surface area contributed by atoms with Gasteiger partial charge in [0.05, 0.1) is 6.10 Å². The minimum absolute atomic E-state index is 0.0368. The average Bonchev–Trinajstić information content (AvgIpc) is 2.52. The van der Waals surface area contributed by atoms with Gasteiger partial charge < -0.3 is 15.4 Å². The van der Waals surface area contributed by atoms with Crippen molar-refractivity contribution in [2.24, 2.45) is 5.92 Å². The van der Waals surface area contributed by atoms with Crippen molar-refractivity contribution in [3.63, 3.8) is 0 Å². The first-order valence-electron chi connectivity index (χ1n) is 8.13. The van der Waals surface area contributed by atoms with Crippen LogP contribution in [0.4, 0.5) is 0 Å². The van der Waals surface area contributed by atoms with E-state index in [9.17, 15) is 9.59 Å². The molecule has 0 aromatic heterocycles. The van der Waals surface area contributed by atoms with E-state index in [1.54, 1.807) is 0 Å². The summed E-state index contributed by atoms with van der Waals surface area (Å²) in [5, 5.41) is 5.53. The Morgan fingerprint density at radius 3 is 2.35 bits per heavy atom. The fourth-order valence-corrected chi connectivity index (χ4v) is 2.23. The molecule has 0 saturated heterocycles. The van der Waals surface area contributed by atoms with Crippen LogP contribution in [0.3, 0.4) is 0 Å². The highest BCUT2D eigenvalue weighted by Gasteiger charge is 2.22. The first-order valence-corrected chi connectivity index (χ1v) is 8.13. The molecule has 0 bridgehead atoms. The van der Waals surface area contributed by atoms with E-state index in [1.807, 2.05) is 51.1 Å². The monoisotopic (exact) mass is 320 g/mol. The molecule has 0 aliphatic rings. The van der Waals surface area contributed by atoms with Crippen LogP contribution in [0.25, 0.3) is 0 Å². The van der Waals surface area contributed by atoms with Crippen molar-refractivity contribution >= 4 is 11.8 Å². The third kappa shape index (κ3) is 7.28. The van der Waals surface area contributed by atoms with Gasteiger partial charge in [-0.25, -0.2) is 0 Å². The van der Waals surface area contributed by atoms with E-state index in [-0.39, 0.29) is 23.8 Å². The van der Waals surface area contributed by atoms with E-state index in [0.717, 1.165) is 12.0 Å². The molecule has 0 saturated carbocycles. The van der Waals surface area contributed by atoms with Gasteiger partial charge in [0, 0.05) is 20.1 Å². The number of carbonyl (C=O) groups excluding carboxylic acids is 2. The maximum absolute atomic E-state index is 12.1. The maximum Gasteiger partial charge on any atom is 0.242 e. The fraction of sp³-hybridized carbons (Fsp3) is 0.556. The lowest BCUT2D eigenvalue weighted by atomic mass is 10.0. The van der Waals surface area contributed by atoms with Crippen molar-refractivity contribution in [1.82, 2.24) is 10.6 Å². The van der Waals surface area contributed by atoms with Gasteiger partial charge in [-0.15, -0.1) is 0 Å². The summed E-state index contributed by atoms with van der Waals surface area (Å²) in [5.41, 5.74) is 1.14. The lowest BCUT2D eigenvalue weighted by molar-refractivity contribution is -0.129. The van der Waals surface area contributed by atoms with Crippen LogP contribution in [0, 0.1) is 5.92 Å². The van der Waals surface area contributed by atoms with Gasteiger partial charge in [0.2, 0.25) is 11.8 Å². The summed E-state index contributed by atoms with van der Waals surface area (Å²) in [7, 11) is 0. The van der Waals surface area contributed by atoms with E-state index in [0.29, 0.717) is 13.2 Å². The summed E-state index contributed by atoms with van der Waals surface area (Å²) in [6.07, 6.45) is 0.767. The Labute approximate surface area is 138 Å². The predicted octanol–water partition coefficient (Wildman–Crippen LogP) is 2.43. The SMILES string of the molecule is CC(=O)NC(C(=O)NCCCOC(C)c1ccccc1)C(C)C. The zero-order valence-electron chi connectivity index (χ0n) is 14.5. The first kappa shape index (κ1) is 19.2. The lowest BCUT2D eigenvalue weighted by Gasteiger charge is -2.21. The molecule has 2 unspecified atom stereocenters. The van der Waals surface area contributed by atoms with Crippen LogP contribution in [0.1, 0.15) is 45.8 Å². The number of rotatable bonds is 9. The normalized spacial score (nSPS) is 13.4. The molecule has 0 fully saturated rings. The summed E-state index contributed by atoms with van der Waals surface area (Å²) >= 11 is 0. The smallest absolute Gasteiger partial charge is 0.242 e. The Bertz CT molecular complexity index is 488. The zero-order chi connectivity index (χ0) is 17.2. The van der Waals surface area contributed by atoms with E-state index < -0.39 is 6.04 Å². The second-order valence-electron chi connectivity index (χ2n) is 5.99. The van der Waals surface area contributed by atoms with Gasteiger partial charge in [-0.3, -0.25) is 9.59 Å². The lowest BCUT2D eigenvalue weighted by Crippen LogP contribution is -2.49. The van der Waals surface area contributed by atoms with Crippen LogP contribution < -0.4 is 10.6 Å². The van der Waals surface area contributed by atoms with Crippen molar-refractivity contribution < 1.29 is 14.3 Å². The summed E-state index contributed by atoms with van der Waals surface area (Å²) < 4.78 is 5.76. The highest BCUT2D eigenvalue weighted by molar-refractivity contribution is 5.86. The Kier molecular flexibility index (Phi) is 8.33. The Morgan fingerprint density at radius 1 is 1.13 bits per heavy atom. The number of hydrogen-bond donors (Lipinski definition) is 2. The zero-order valence-corrected chi connectivity index (χ0v) is 14.5. The van der Waals surface area contributed by atoms with E-state index in [4.69, 9.17) is 4.74 Å². The molecular weight excluding hydrogens is 292 g/mol. The number of nitrogens with one attached hydrogen (secondary N) is 2. The molecule has 0 aliphatic carbocycles. The third-order valence-corrected chi connectivity index (χ3v) is 3.57. The van der Waals surface area contributed by atoms with Gasteiger partial charge in [-0.05, 0) is 24.8 Å². The second kappa shape index (κ2) is 10.0. The van der Waals surface area contributed by atoms with Gasteiger partial charge in [-0.1, -0.05) is 44.2 Å². The Balaban J connectivity index is 2.25. The van der Waals surface area contributed by atoms with Crippen molar-refractivity contribution in [2.45, 2.75) is 46.3 Å². The molecule has 0 heterocycles. The summed E-state index contributed by atoms with van der Waals surface area (Å²) in [5.74, 6) is -0.293. The van der Waals surface area contributed by atoms with Crippen LogP contribution in [0.2, 0.25) is 0 Å². The van der Waals surface area contributed by atoms with Gasteiger partial charge in [0.1, 0.15) is 6.04 Å². The molecule has 128 valence electrons. The molecule has 23 heavy (non-hydrogen) atoms. The topological polar surface area (TPSA) is 67.4 Å². The number of amides is 2. The minimum atomic E-state index is -0.489. The van der Waals surface area contributed by atoms with Crippen LogP contribution in [-0.2, 0) is 14.3 Å². The first-order chi connectivity index (χ1) is 10.9. The predicted molar refractivity (Wildman–Crippen MR) is 90.9 cm³/mol. The second-order valence-corrected chi connectivity index (χ2v) is 5.99. The van der Waals surface area contributed by atoms with Crippen molar-refractivity contribution in [2.75, 3.05) is 13.2 Å². The van der Waals surface area contributed by atoms with Crippen molar-refractivity contribution in [3.8, 4) is 0 Å². The molecular formula is C18H28N2O3. The molecule has 1 rings (SSSR count). The van der Waals surface area contributed by atoms with Crippen LogP contribution >= 0.6 is 0 Å². The highest BCUT2D eigenvalue weighted by Crippen LogP contribution is 2.15. The van der Waals surface area contributed by atoms with E-state index in [1.165, 1.54) is 6.92 Å². The molecule has 0 aliphatic heterocycles. The van der Waals surface area contributed by atoms with Gasteiger partial charge in [0.25, 0.3) is 0 Å². The summed E-state index contributed by atoms with van der Waals surface area (Å²) in [6, 6.07) is 9.54. The molecule has 5 heteroatoms. The molecule has 1 aromatic carbocycles. The van der Waals surface area contributed by atoms with Crippen molar-refractivity contribution in [1.29, 1.82) is 0 Å². The van der Waals surface area contributed by atoms with Crippen LogP contribution in [0.5, 0.6) is 0 Å². The molecule has 2 N–H and O–H groups in total. The number of hydrogen-bond acceptors (Lipinski definition) is 3. The van der Waals surface area contributed by atoms with E-state index in [2.05, 4.69) is 10.6 Å². The van der Waals surface area contributed by atoms with Gasteiger partial charge >= 0.3 is 0 Å². The molecule has 2 atom stereocenters. The summed E-state index contributed by atoms with van der Waals surface area (Å²) in [6.45, 7) is 8.35. The molecule has 0 spiro atoms. The molecule has 2 amide bonds. The largest absolute Gasteiger partial charge is 0.374 e. The highest BCUT2D eigenvalue weighted by atomic mass is 16.5. The minimum Gasteiger partial charge on any atom is -0.374 e. The van der Waals surface area contributed by atoms with Crippen molar-refractivity contribution in [3.05, 3.63) is 35.9 Å². The van der Waals surface area contributed by atoms with Gasteiger partial charge in [0.15, 0.2) is 0 Å². The Hall–Kier alpha value is -1.88. The van der Waals surface area contributed by atoms with Crippen LogP contribution in [-0.4, -0.2) is 31.0 Å². The average molecular weight is 320 g/mol. The fourth-order valence-electron chi connectivity index (χ4n) is 2.23. The quantitative estimate of drug-likeness (QED) is 0.687. The van der Waals surface area contributed by atoms with E-state index >= 15 is 0 Å². The molecule has 1 aromatic rings. The van der Waals surface area contributed by atoms with Crippen LogP contribution in [0.15, 0.2) is 30.3 Å². The number of carbonyl (C=O) groups is 2. The maximum atomic E-state index is 12.1. The standard InChI is InChI=1S/C18H28N2O3/c1-13(2)17(20-15(4)21)18(22)19-11-8-12-23-14(3)16-9-6-5-7-10-16/h5-7,9-10,13-14,17H,8,11-12H2,1-4H3,(H,19,22)(H,20,21). The molecule has 5 nitrogen and oxygen atoms in total. The van der Waals surface area contributed by atoms with Gasteiger partial charge in [-0.2, -0.15) is 0 Å². The summed E-state index contributed by atoms with van der Waals surface area (Å²) in [4.78, 5) is 23.2. The number of ether oxygens (including phenoxy) is 1.